The van der Waals surface area contributed by atoms with Crippen LogP contribution in [-0.2, 0) is 33.3 Å². The molecule has 470 valence electrons. The lowest BCUT2D eigenvalue weighted by molar-refractivity contribution is -0.870. The van der Waals surface area contributed by atoms with Crippen molar-refractivity contribution in [1.29, 1.82) is 0 Å². The molecule has 0 aromatic heterocycles. The van der Waals surface area contributed by atoms with Crippen LogP contribution in [0.3, 0.4) is 0 Å². The number of quaternary nitrogens is 1. The number of likely N-dealkylation sites (N-methyl/N-ethyl adjacent to an activating group) is 1. The summed E-state index contributed by atoms with van der Waals surface area (Å²) in [5, 5.41) is 11.8. The maximum atomic E-state index is 12.8. The van der Waals surface area contributed by atoms with Gasteiger partial charge in [0.2, 0.25) is 0 Å². The molecule has 0 heterocycles. The Morgan fingerprint density at radius 1 is 0.383 bits per heavy atom. The van der Waals surface area contributed by atoms with Gasteiger partial charge in [0.05, 0.1) is 40.3 Å². The summed E-state index contributed by atoms with van der Waals surface area (Å²) in [7, 11) is 5.91. The predicted octanol–water partition coefficient (Wildman–Crippen LogP) is 19.6. The number of nitrogens with zero attached hydrogens (tertiary/aromatic N) is 1. The second-order valence-corrected chi connectivity index (χ2v) is 24.1. The van der Waals surface area contributed by atoms with Crippen molar-refractivity contribution in [2.24, 2.45) is 0 Å². The first-order chi connectivity index (χ1) is 39.6. The highest BCUT2D eigenvalue weighted by atomic mass is 16.7. The number of carboxylic acid groups (broad SMARTS) is 1. The van der Waals surface area contributed by atoms with Crippen LogP contribution in [0, 0.1) is 0 Å². The predicted molar refractivity (Wildman–Crippen MR) is 343 cm³/mol. The van der Waals surface area contributed by atoms with E-state index < -0.39 is 24.3 Å². The molecule has 0 amide bonds. The average Bonchev–Trinajstić information content (AvgIpc) is 3.44. The third-order valence-corrected chi connectivity index (χ3v) is 14.9. The molecule has 0 aliphatic heterocycles. The van der Waals surface area contributed by atoms with E-state index in [1.165, 1.54) is 218 Å². The summed E-state index contributed by atoms with van der Waals surface area (Å²) in [6.07, 6.45) is 80.3. The van der Waals surface area contributed by atoms with E-state index in [4.69, 9.17) is 18.9 Å². The zero-order chi connectivity index (χ0) is 59.1. The molecule has 0 radical (unpaired) electrons. The Balaban J connectivity index is 3.98. The standard InChI is InChI=1S/C72H129NO8/c1-6-8-10-12-14-16-18-20-22-24-25-26-27-28-29-30-31-32-33-34-35-36-37-38-39-40-41-42-43-44-45-47-48-50-52-54-56-58-60-62-69(74)79-66-68(67-80-72(71(76)77)78-65-64-73(3,4)5)81-70(75)63-61-59-57-55-53-51-49-46-23-21-19-17-15-13-11-9-7-2/h9,11,15,17,21,23-25,49,51,55,57,68,72H,6-8,10,12-14,16,18-20,22,26-48,50,52-54,56,58-67H2,1-5H3/b11-9-,17-15-,23-21-,25-24-,51-49-,57-55-. The second-order valence-electron chi connectivity index (χ2n) is 24.1. The van der Waals surface area contributed by atoms with Crippen molar-refractivity contribution < 1.29 is 42.9 Å². The minimum Gasteiger partial charge on any atom is -0.545 e. The van der Waals surface area contributed by atoms with Crippen LogP contribution in [0.4, 0.5) is 0 Å². The maximum Gasteiger partial charge on any atom is 0.306 e. The molecule has 0 aromatic carbocycles. The van der Waals surface area contributed by atoms with Crippen LogP contribution in [0.25, 0.3) is 0 Å². The average molecular weight is 1140 g/mol. The molecule has 2 unspecified atom stereocenters. The first-order valence-electron chi connectivity index (χ1n) is 34.1. The largest absolute Gasteiger partial charge is 0.545 e. The lowest BCUT2D eigenvalue weighted by atomic mass is 10.0. The summed E-state index contributed by atoms with van der Waals surface area (Å²) in [5.41, 5.74) is 0. The zero-order valence-corrected chi connectivity index (χ0v) is 53.7. The maximum absolute atomic E-state index is 12.8. The molecule has 0 saturated carbocycles. The van der Waals surface area contributed by atoms with Gasteiger partial charge in [-0.1, -0.05) is 292 Å². The lowest BCUT2D eigenvalue weighted by Gasteiger charge is -2.26. The molecule has 2 atom stereocenters. The molecule has 0 aliphatic rings. The summed E-state index contributed by atoms with van der Waals surface area (Å²) in [6, 6.07) is 0. The van der Waals surface area contributed by atoms with Gasteiger partial charge in [0.1, 0.15) is 13.2 Å². The van der Waals surface area contributed by atoms with Crippen molar-refractivity contribution in [3.05, 3.63) is 72.9 Å². The molecular formula is C72H129NO8. The third-order valence-electron chi connectivity index (χ3n) is 14.9. The number of carbonyl (C=O) groups excluding carboxylic acids is 3. The van der Waals surface area contributed by atoms with Gasteiger partial charge in [0.15, 0.2) is 12.4 Å². The molecule has 0 aliphatic carbocycles. The van der Waals surface area contributed by atoms with Crippen molar-refractivity contribution in [2.75, 3.05) is 47.5 Å². The van der Waals surface area contributed by atoms with Gasteiger partial charge in [0.25, 0.3) is 0 Å². The molecule has 9 heteroatoms. The summed E-state index contributed by atoms with van der Waals surface area (Å²) in [4.78, 5) is 37.3. The highest BCUT2D eigenvalue weighted by Gasteiger charge is 2.22. The number of rotatable bonds is 63. The van der Waals surface area contributed by atoms with Crippen molar-refractivity contribution >= 4 is 17.9 Å². The Bertz CT molecular complexity index is 1560. The van der Waals surface area contributed by atoms with Crippen LogP contribution in [-0.4, -0.2) is 82.3 Å². The van der Waals surface area contributed by atoms with Crippen LogP contribution in [0.2, 0.25) is 0 Å². The van der Waals surface area contributed by atoms with E-state index in [1.54, 1.807) is 0 Å². The topological polar surface area (TPSA) is 111 Å². The van der Waals surface area contributed by atoms with Gasteiger partial charge in [-0.25, -0.2) is 0 Å². The van der Waals surface area contributed by atoms with Gasteiger partial charge in [0, 0.05) is 12.8 Å². The molecular weight excluding hydrogens is 1010 g/mol. The zero-order valence-electron chi connectivity index (χ0n) is 53.7. The van der Waals surface area contributed by atoms with E-state index in [2.05, 4.69) is 86.8 Å². The van der Waals surface area contributed by atoms with Gasteiger partial charge in [-0.2, -0.15) is 0 Å². The summed E-state index contributed by atoms with van der Waals surface area (Å²) in [6.45, 7) is 4.59. The smallest absolute Gasteiger partial charge is 0.306 e. The number of allylic oxidation sites excluding steroid dienone is 12. The van der Waals surface area contributed by atoms with Crippen LogP contribution < -0.4 is 5.11 Å². The first-order valence-corrected chi connectivity index (χ1v) is 34.1. The summed E-state index contributed by atoms with van der Waals surface area (Å²) < 4.78 is 22.7. The first kappa shape index (κ1) is 77.7. The van der Waals surface area contributed by atoms with Crippen LogP contribution in [0.1, 0.15) is 309 Å². The van der Waals surface area contributed by atoms with Crippen LogP contribution in [0.5, 0.6) is 0 Å². The highest BCUT2D eigenvalue weighted by molar-refractivity contribution is 5.70. The molecule has 81 heavy (non-hydrogen) atoms. The van der Waals surface area contributed by atoms with Crippen LogP contribution in [0.15, 0.2) is 72.9 Å². The minimum absolute atomic E-state index is 0.135. The third kappa shape index (κ3) is 64.1. The van der Waals surface area contributed by atoms with Crippen molar-refractivity contribution in [2.45, 2.75) is 322 Å². The molecule has 0 aromatic rings. The Morgan fingerprint density at radius 3 is 1.10 bits per heavy atom. The number of esters is 2. The summed E-state index contributed by atoms with van der Waals surface area (Å²) in [5.74, 6) is -2.35. The van der Waals surface area contributed by atoms with Gasteiger partial charge < -0.3 is 33.3 Å². The Kier molecular flexibility index (Phi) is 60.2. The SMILES string of the molecule is CC/C=C\C/C=C\C/C=C\C/C=C\C/C=C\CCCC(=O)OC(COC(=O)CCCCCCCCCCCCCCCCCCCCCCCCCCCCC/C=C\CCCCCCCCCC)COC(OCC[N+](C)(C)C)C(=O)[O-]. The van der Waals surface area contributed by atoms with E-state index in [9.17, 15) is 19.5 Å². The van der Waals surface area contributed by atoms with Gasteiger partial charge in [-0.15, -0.1) is 0 Å². The molecule has 0 rings (SSSR count). The van der Waals surface area contributed by atoms with Crippen molar-refractivity contribution in [3.8, 4) is 0 Å². The number of unbranched alkanes of at least 4 members (excludes halogenated alkanes) is 36. The highest BCUT2D eigenvalue weighted by Crippen LogP contribution is 2.18. The quantitative estimate of drug-likeness (QED) is 0.0195. The van der Waals surface area contributed by atoms with Crippen molar-refractivity contribution in [3.63, 3.8) is 0 Å². The molecule has 0 N–H and O–H groups in total. The van der Waals surface area contributed by atoms with E-state index in [1.807, 2.05) is 21.1 Å². The van der Waals surface area contributed by atoms with Gasteiger partial charge in [-0.05, 0) is 77.0 Å². The normalized spacial score (nSPS) is 13.1. The van der Waals surface area contributed by atoms with Crippen molar-refractivity contribution in [1.82, 2.24) is 0 Å². The molecule has 9 nitrogen and oxygen atoms in total. The fraction of sp³-hybridized carbons (Fsp3) is 0.792. The number of carboxylic acids is 1. The number of ether oxygens (including phenoxy) is 4. The molecule has 0 saturated heterocycles. The van der Waals surface area contributed by atoms with E-state index in [0.717, 1.165) is 51.4 Å². The number of hydrogen-bond donors (Lipinski definition) is 0. The lowest BCUT2D eigenvalue weighted by Crippen LogP contribution is -2.44. The molecule has 0 bridgehead atoms. The number of carbonyl (C=O) groups is 3. The fourth-order valence-electron chi connectivity index (χ4n) is 9.75. The minimum atomic E-state index is -1.64. The van der Waals surface area contributed by atoms with E-state index in [0.29, 0.717) is 23.9 Å². The summed E-state index contributed by atoms with van der Waals surface area (Å²) >= 11 is 0. The Hall–Kier alpha value is -3.27. The van der Waals surface area contributed by atoms with Gasteiger partial charge in [-0.3, -0.25) is 9.59 Å². The van der Waals surface area contributed by atoms with E-state index >= 15 is 0 Å². The molecule has 0 fully saturated rings. The van der Waals surface area contributed by atoms with Crippen LogP contribution >= 0.6 is 0 Å². The van der Waals surface area contributed by atoms with E-state index in [-0.39, 0.29) is 38.6 Å². The Labute approximate surface area is 500 Å². The number of aliphatic carboxylic acids is 1. The fourth-order valence-corrected chi connectivity index (χ4v) is 9.75. The second kappa shape index (κ2) is 62.8. The molecule has 0 spiro atoms. The van der Waals surface area contributed by atoms with Gasteiger partial charge >= 0.3 is 11.9 Å². The Morgan fingerprint density at radius 2 is 0.716 bits per heavy atom. The monoisotopic (exact) mass is 1140 g/mol. The number of hydrogen-bond acceptors (Lipinski definition) is 8.